The Morgan fingerprint density at radius 1 is 0.250 bits per heavy atom. The highest BCUT2D eigenvalue weighted by Gasteiger charge is 2.34. The highest BCUT2D eigenvalue weighted by molar-refractivity contribution is 6.13. The number of carbonyl (C=O) groups excluding carboxylic acids is 7. The molecule has 702 valence electrons. The van der Waals surface area contributed by atoms with Gasteiger partial charge in [0.05, 0.1) is 350 Å². The number of ketones is 4. The van der Waals surface area contributed by atoms with E-state index in [0.717, 1.165) is 17.7 Å². The van der Waals surface area contributed by atoms with Crippen LogP contribution in [0.2, 0.25) is 0 Å². The minimum Gasteiger partial charge on any atom is -0.481 e. The van der Waals surface area contributed by atoms with Crippen LogP contribution in [-0.2, 0) is 166 Å². The first-order valence-corrected chi connectivity index (χ1v) is 42.6. The van der Waals surface area contributed by atoms with Crippen LogP contribution in [0.3, 0.4) is 0 Å². The van der Waals surface area contributed by atoms with Gasteiger partial charge in [0.15, 0.2) is 0 Å². The van der Waals surface area contributed by atoms with Crippen LogP contribution in [-0.4, -0.2) is 426 Å². The van der Waals surface area contributed by atoms with Gasteiger partial charge in [-0.2, -0.15) is 0 Å². The van der Waals surface area contributed by atoms with E-state index in [-0.39, 0.29) is 152 Å². The van der Waals surface area contributed by atoms with Gasteiger partial charge in [-0.15, -0.1) is 0 Å². The van der Waals surface area contributed by atoms with Crippen molar-refractivity contribution in [1.82, 2.24) is 10.2 Å². The molecule has 120 heavy (non-hydrogen) atoms. The second kappa shape index (κ2) is 90.7. The Bertz CT molecular complexity index is 2360. The lowest BCUT2D eigenvalue weighted by Gasteiger charge is -2.34. The third-order valence-electron chi connectivity index (χ3n) is 16.3. The van der Waals surface area contributed by atoms with Gasteiger partial charge in [-0.05, 0) is 25.7 Å². The van der Waals surface area contributed by atoms with Crippen LogP contribution in [0.4, 0.5) is 0 Å². The van der Waals surface area contributed by atoms with Crippen LogP contribution in [0.25, 0.3) is 0 Å². The van der Waals surface area contributed by atoms with E-state index < -0.39 is 11.5 Å². The first-order valence-electron chi connectivity index (χ1n) is 42.6. The molecule has 38 heteroatoms. The SMILES string of the molecule is CCCC(=O)CCOCC(COCCC(=O)CCC)(COCCC(=O)CCCOCCOCCOCCOCCOCCOCCOCCOCCOCCOCCOCCOCCC(=O)O)NC(=O)CCOCCOCCOCCOCCOCCOCCOCCOCCOCCOCCOCCOCCCC(=O)CCN1C(=O)C=CC1=O. The van der Waals surface area contributed by atoms with Crippen molar-refractivity contribution in [3.63, 3.8) is 0 Å². The number of carboxylic acids is 1. The normalized spacial score (nSPS) is 12.3. The standard InChI is InChI=1S/C82H148N2O36/c1-3-7-74(85)14-22-118-71-82(72-119-23-15-75(86)8-4-2,73-120-24-16-77(88)10-6-21-95-28-32-99-36-40-103-44-48-107-52-56-111-60-64-115-68-70-117-66-62-113-58-54-109-50-46-105-42-38-101-34-30-97-26-18-81(92)93)83-78(89)17-25-96-29-33-100-37-41-104-45-49-108-53-57-112-61-65-116-69-67-114-63-59-110-55-51-106-47-43-102-39-35-98-31-27-94-20-5-9-76(87)13-19-84-79(90)11-12-80(84)91/h11-12H,3-10,13-73H2,1-2H3,(H,83,89)(H,92,93). The fourth-order valence-corrected chi connectivity index (χ4v) is 10.0. The van der Waals surface area contributed by atoms with Gasteiger partial charge in [-0.25, -0.2) is 0 Å². The molecule has 1 rings (SSSR count). The number of nitrogens with one attached hydrogen (secondary N) is 1. The highest BCUT2D eigenvalue weighted by atomic mass is 16.6. The predicted octanol–water partition coefficient (Wildman–Crippen LogP) is 3.08. The van der Waals surface area contributed by atoms with E-state index in [0.29, 0.717) is 329 Å². The lowest BCUT2D eigenvalue weighted by Crippen LogP contribution is -2.59. The summed E-state index contributed by atoms with van der Waals surface area (Å²) in [6, 6.07) is 0. The Kier molecular flexibility index (Phi) is 85.7. The molecule has 1 aliphatic rings. The topological polar surface area (TPSA) is 421 Å². The Morgan fingerprint density at radius 3 is 0.667 bits per heavy atom. The molecule has 0 spiro atoms. The van der Waals surface area contributed by atoms with Crippen LogP contribution >= 0.6 is 0 Å². The van der Waals surface area contributed by atoms with E-state index in [1.54, 1.807) is 0 Å². The van der Waals surface area contributed by atoms with Crippen molar-refractivity contribution < 1.29 is 171 Å². The van der Waals surface area contributed by atoms with E-state index in [4.69, 9.17) is 133 Å². The number of rotatable bonds is 103. The van der Waals surface area contributed by atoms with E-state index in [1.165, 1.54) is 12.2 Å². The van der Waals surface area contributed by atoms with Crippen molar-refractivity contribution in [3.05, 3.63) is 12.2 Å². The van der Waals surface area contributed by atoms with E-state index in [9.17, 15) is 38.4 Å². The highest BCUT2D eigenvalue weighted by Crippen LogP contribution is 2.13. The van der Waals surface area contributed by atoms with Crippen LogP contribution in [0.5, 0.6) is 0 Å². The number of imide groups is 1. The molecule has 0 aromatic carbocycles. The molecule has 0 unspecified atom stereocenters. The van der Waals surface area contributed by atoms with Crippen molar-refractivity contribution in [2.24, 2.45) is 0 Å². The van der Waals surface area contributed by atoms with Crippen LogP contribution < -0.4 is 5.32 Å². The van der Waals surface area contributed by atoms with Gasteiger partial charge in [0.25, 0.3) is 11.8 Å². The van der Waals surface area contributed by atoms with Crippen LogP contribution in [0.15, 0.2) is 12.2 Å². The summed E-state index contributed by atoms with van der Waals surface area (Å²) in [5, 5.41) is 11.6. The minimum atomic E-state index is -1.21. The third-order valence-corrected chi connectivity index (χ3v) is 16.3. The molecule has 3 amide bonds. The molecule has 0 aromatic rings. The molecular weight excluding hydrogens is 1590 g/mol. The lowest BCUT2D eigenvalue weighted by atomic mass is 10.0. The maximum absolute atomic E-state index is 13.5. The zero-order valence-corrected chi connectivity index (χ0v) is 72.1. The zero-order valence-electron chi connectivity index (χ0n) is 72.1. The minimum absolute atomic E-state index is 0.00175. The molecule has 0 atom stereocenters. The average Bonchev–Trinajstić information content (AvgIpc) is 1.09. The molecular formula is C82H148N2O36. The van der Waals surface area contributed by atoms with Gasteiger partial charge in [0.2, 0.25) is 5.91 Å². The molecule has 0 aromatic heterocycles. The van der Waals surface area contributed by atoms with Crippen molar-refractivity contribution in [1.29, 1.82) is 0 Å². The molecule has 38 nitrogen and oxygen atoms in total. The summed E-state index contributed by atoms with van der Waals surface area (Å²) in [5.41, 5.74) is -1.21. The summed E-state index contributed by atoms with van der Waals surface area (Å²) >= 11 is 0. The Morgan fingerprint density at radius 2 is 0.442 bits per heavy atom. The molecule has 2 N–H and O–H groups in total. The molecule has 0 fully saturated rings. The number of aliphatic carboxylic acids is 1. The molecule has 0 aliphatic carbocycles. The number of ether oxygens (including phenoxy) is 27. The van der Waals surface area contributed by atoms with Gasteiger partial charge in [0, 0.05) is 89.7 Å². The maximum atomic E-state index is 13.5. The van der Waals surface area contributed by atoms with Crippen molar-refractivity contribution >= 4 is 46.8 Å². The summed E-state index contributed by atoms with van der Waals surface area (Å²) < 4.78 is 151. The summed E-state index contributed by atoms with van der Waals surface area (Å²) in [6.45, 7) is 23.3. The molecule has 0 saturated heterocycles. The number of carboxylic acid groups (broad SMARTS) is 1. The Labute approximate surface area is 710 Å². The first kappa shape index (κ1) is 113. The van der Waals surface area contributed by atoms with Crippen molar-refractivity contribution in [2.75, 3.05) is 363 Å². The Hall–Kier alpha value is -4.58. The number of hydrogen-bond acceptors (Lipinski definition) is 35. The Balaban J connectivity index is 2.06. The summed E-state index contributed by atoms with van der Waals surface area (Å²) in [5.74, 6) is -1.92. The van der Waals surface area contributed by atoms with Gasteiger partial charge >= 0.3 is 5.97 Å². The molecule has 0 saturated carbocycles. The van der Waals surface area contributed by atoms with E-state index in [1.807, 2.05) is 13.8 Å². The average molecular weight is 1740 g/mol. The van der Waals surface area contributed by atoms with Gasteiger partial charge in [-0.3, -0.25) is 43.3 Å². The fraction of sp³-hybridized carbons (Fsp3) is 0.878. The van der Waals surface area contributed by atoms with Crippen LogP contribution in [0, 0.1) is 0 Å². The second-order valence-electron chi connectivity index (χ2n) is 26.6. The summed E-state index contributed by atoms with van der Waals surface area (Å²) in [7, 11) is 0. The van der Waals surface area contributed by atoms with Crippen LogP contribution in [0.1, 0.15) is 104 Å². The number of amides is 3. The quantitative estimate of drug-likeness (QED) is 0.0652. The van der Waals surface area contributed by atoms with E-state index in [2.05, 4.69) is 5.32 Å². The second-order valence-corrected chi connectivity index (χ2v) is 26.6. The van der Waals surface area contributed by atoms with Crippen molar-refractivity contribution in [2.45, 2.75) is 109 Å². The number of nitrogens with zero attached hydrogens (tertiary/aromatic N) is 1. The number of hydrogen-bond donors (Lipinski definition) is 2. The largest absolute Gasteiger partial charge is 0.481 e. The van der Waals surface area contributed by atoms with E-state index >= 15 is 0 Å². The molecule has 0 bridgehead atoms. The number of carbonyl (C=O) groups is 8. The van der Waals surface area contributed by atoms with Gasteiger partial charge < -0.3 is 138 Å². The molecule has 1 heterocycles. The summed E-state index contributed by atoms with van der Waals surface area (Å²) in [4.78, 5) is 97.7. The third kappa shape index (κ3) is 81.7. The van der Waals surface area contributed by atoms with Gasteiger partial charge in [-0.1, -0.05) is 13.8 Å². The van der Waals surface area contributed by atoms with Gasteiger partial charge in [0.1, 0.15) is 28.7 Å². The fourth-order valence-electron chi connectivity index (χ4n) is 10.0. The smallest absolute Gasteiger partial charge is 0.305 e. The molecule has 0 radical (unpaired) electrons. The lowest BCUT2D eigenvalue weighted by molar-refractivity contribution is -0.139. The first-order chi connectivity index (χ1) is 58.9. The predicted molar refractivity (Wildman–Crippen MR) is 432 cm³/mol. The maximum Gasteiger partial charge on any atom is 0.305 e. The monoisotopic (exact) mass is 1740 g/mol. The molecule has 1 aliphatic heterocycles. The zero-order chi connectivity index (χ0) is 86.7. The van der Waals surface area contributed by atoms with Crippen molar-refractivity contribution in [3.8, 4) is 0 Å². The number of Topliss-reactive ketones (excluding diaryl/α,β-unsaturated/α-hetero) is 4. The summed E-state index contributed by atoms with van der Waals surface area (Å²) in [6.07, 6.45) is 7.08.